The molecule has 0 bridgehead atoms. The lowest BCUT2D eigenvalue weighted by Crippen LogP contribution is -2.18. The second-order valence-corrected chi connectivity index (χ2v) is 5.49. The highest BCUT2D eigenvalue weighted by Gasteiger charge is 2.24. The number of hydrogen-bond acceptors (Lipinski definition) is 9. The van der Waals surface area contributed by atoms with Gasteiger partial charge in [0.2, 0.25) is 0 Å². The van der Waals surface area contributed by atoms with Crippen LogP contribution in [0.3, 0.4) is 0 Å². The van der Waals surface area contributed by atoms with E-state index < -0.39 is 34.7 Å². The largest absolute Gasteiger partial charge is 0.469 e. The van der Waals surface area contributed by atoms with Crippen LogP contribution >= 0.6 is 0 Å². The van der Waals surface area contributed by atoms with Crippen molar-refractivity contribution < 1.29 is 45.7 Å². The molecule has 0 aliphatic rings. The fourth-order valence-corrected chi connectivity index (χ4v) is 2.04. The smallest absolute Gasteiger partial charge is 0.397 e. The van der Waals surface area contributed by atoms with Gasteiger partial charge in [0.15, 0.2) is 0 Å². The van der Waals surface area contributed by atoms with Gasteiger partial charge in [-0.2, -0.15) is 8.42 Å². The molecule has 0 atom stereocenters. The summed E-state index contributed by atoms with van der Waals surface area (Å²) in [6.07, 6.45) is -0.0906. The molecule has 0 unspecified atom stereocenters. The van der Waals surface area contributed by atoms with Crippen LogP contribution < -0.4 is 0 Å². The summed E-state index contributed by atoms with van der Waals surface area (Å²) in [5, 5.41) is 0. The van der Waals surface area contributed by atoms with Crippen LogP contribution in [0.4, 0.5) is 0 Å². The number of rotatable bonds is 10. The first-order chi connectivity index (χ1) is 11.2. The summed E-state index contributed by atoms with van der Waals surface area (Å²) in [5.41, 5.74) is -0.284. The number of carbonyl (C=O) groups excluding carboxylic acids is 3. The second-order valence-electron chi connectivity index (χ2n) is 4.40. The quantitative estimate of drug-likeness (QED) is 0.186. The summed E-state index contributed by atoms with van der Waals surface area (Å²) in [5.74, 6) is -2.45. The van der Waals surface area contributed by atoms with Gasteiger partial charge < -0.3 is 14.2 Å². The SMILES string of the molecule is COC(=O)C/C(C(=O)OC)=C(\CCCCOS(=O)(=O)O)C(=O)OC. The van der Waals surface area contributed by atoms with Gasteiger partial charge in [0.25, 0.3) is 0 Å². The van der Waals surface area contributed by atoms with E-state index in [1.165, 1.54) is 0 Å². The minimum absolute atomic E-state index is 0.00291. The Kier molecular flexibility index (Phi) is 9.85. The van der Waals surface area contributed by atoms with Gasteiger partial charge in [-0.3, -0.25) is 9.35 Å². The van der Waals surface area contributed by atoms with E-state index in [9.17, 15) is 22.8 Å². The molecule has 0 aliphatic heterocycles. The lowest BCUT2D eigenvalue weighted by molar-refractivity contribution is -0.143. The average molecular weight is 368 g/mol. The maximum absolute atomic E-state index is 11.9. The summed E-state index contributed by atoms with van der Waals surface area (Å²) < 4.78 is 47.0. The highest BCUT2D eigenvalue weighted by molar-refractivity contribution is 7.80. The van der Waals surface area contributed by atoms with Crippen LogP contribution in [0.5, 0.6) is 0 Å². The van der Waals surface area contributed by atoms with Crippen LogP contribution in [-0.2, 0) is 43.2 Å². The van der Waals surface area contributed by atoms with Crippen molar-refractivity contribution in [2.75, 3.05) is 27.9 Å². The summed E-state index contributed by atoms with van der Waals surface area (Å²) in [4.78, 5) is 35.1. The molecule has 0 fully saturated rings. The third-order valence-corrected chi connectivity index (χ3v) is 3.29. The summed E-state index contributed by atoms with van der Waals surface area (Å²) in [7, 11) is -1.21. The topological polar surface area (TPSA) is 142 Å². The fourth-order valence-electron chi connectivity index (χ4n) is 1.71. The normalized spacial score (nSPS) is 12.2. The van der Waals surface area contributed by atoms with Crippen molar-refractivity contribution in [3.05, 3.63) is 11.1 Å². The number of esters is 3. The molecule has 1 N–H and O–H groups in total. The minimum Gasteiger partial charge on any atom is -0.469 e. The minimum atomic E-state index is -4.54. The maximum Gasteiger partial charge on any atom is 0.397 e. The van der Waals surface area contributed by atoms with Gasteiger partial charge in [0, 0.05) is 5.57 Å². The van der Waals surface area contributed by atoms with Crippen molar-refractivity contribution in [1.82, 2.24) is 0 Å². The predicted molar refractivity (Wildman–Crippen MR) is 79.0 cm³/mol. The van der Waals surface area contributed by atoms with Crippen LogP contribution in [0.2, 0.25) is 0 Å². The zero-order chi connectivity index (χ0) is 18.8. The second kappa shape index (κ2) is 10.7. The third kappa shape index (κ3) is 8.60. The van der Waals surface area contributed by atoms with E-state index >= 15 is 0 Å². The monoisotopic (exact) mass is 368 g/mol. The molecule has 0 amide bonds. The zero-order valence-electron chi connectivity index (χ0n) is 13.6. The molecule has 0 aromatic rings. The van der Waals surface area contributed by atoms with E-state index in [1.54, 1.807) is 0 Å². The van der Waals surface area contributed by atoms with Crippen LogP contribution in [0.25, 0.3) is 0 Å². The van der Waals surface area contributed by atoms with Gasteiger partial charge in [-0.25, -0.2) is 13.8 Å². The number of methoxy groups -OCH3 is 3. The van der Waals surface area contributed by atoms with Crippen molar-refractivity contribution >= 4 is 28.3 Å². The predicted octanol–water partition coefficient (Wildman–Crippen LogP) is 0.182. The van der Waals surface area contributed by atoms with E-state index in [0.717, 1.165) is 21.3 Å². The summed E-state index contributed by atoms with van der Waals surface area (Å²) in [6, 6.07) is 0. The van der Waals surface area contributed by atoms with E-state index in [-0.39, 0.29) is 37.0 Å². The number of hydrogen-bond donors (Lipinski definition) is 1. The Morgan fingerprint density at radius 3 is 1.88 bits per heavy atom. The Bertz CT molecular complexity index is 590. The molecular formula is C13H20O10S. The summed E-state index contributed by atoms with van der Waals surface area (Å²) in [6.45, 7) is -0.308. The first kappa shape index (κ1) is 22.0. The molecule has 0 aromatic carbocycles. The van der Waals surface area contributed by atoms with E-state index in [4.69, 9.17) is 4.55 Å². The van der Waals surface area contributed by atoms with Gasteiger partial charge in [-0.15, -0.1) is 0 Å². The van der Waals surface area contributed by atoms with Gasteiger partial charge >= 0.3 is 28.3 Å². The molecule has 0 rings (SSSR count). The summed E-state index contributed by atoms with van der Waals surface area (Å²) >= 11 is 0. The molecule has 0 saturated heterocycles. The number of carbonyl (C=O) groups is 3. The molecule has 0 radical (unpaired) electrons. The Hall–Kier alpha value is -1.98. The van der Waals surface area contributed by atoms with Crippen LogP contribution in [-0.4, -0.2) is 58.8 Å². The van der Waals surface area contributed by atoms with Crippen molar-refractivity contribution in [3.8, 4) is 0 Å². The van der Waals surface area contributed by atoms with Gasteiger partial charge in [0.1, 0.15) is 0 Å². The van der Waals surface area contributed by atoms with Crippen molar-refractivity contribution in [2.45, 2.75) is 25.7 Å². The van der Waals surface area contributed by atoms with Gasteiger partial charge in [-0.1, -0.05) is 0 Å². The fraction of sp³-hybridized carbons (Fsp3) is 0.615. The average Bonchev–Trinajstić information content (AvgIpc) is 2.53. The van der Waals surface area contributed by atoms with Gasteiger partial charge in [-0.05, 0) is 19.3 Å². The molecule has 0 spiro atoms. The Morgan fingerprint density at radius 2 is 1.42 bits per heavy atom. The first-order valence-corrected chi connectivity index (χ1v) is 8.10. The van der Waals surface area contributed by atoms with Gasteiger partial charge in [0.05, 0.1) is 39.9 Å². The Labute approximate surface area is 139 Å². The van der Waals surface area contributed by atoms with Crippen LogP contribution in [0.15, 0.2) is 11.1 Å². The molecule has 138 valence electrons. The van der Waals surface area contributed by atoms with Crippen molar-refractivity contribution in [3.63, 3.8) is 0 Å². The van der Waals surface area contributed by atoms with Crippen molar-refractivity contribution in [2.24, 2.45) is 0 Å². The highest BCUT2D eigenvalue weighted by atomic mass is 32.3. The Morgan fingerprint density at radius 1 is 0.875 bits per heavy atom. The van der Waals surface area contributed by atoms with Crippen LogP contribution in [0, 0.1) is 0 Å². The molecule has 10 nitrogen and oxygen atoms in total. The molecule has 11 heteroatoms. The first-order valence-electron chi connectivity index (χ1n) is 6.73. The highest BCUT2D eigenvalue weighted by Crippen LogP contribution is 2.19. The molecular weight excluding hydrogens is 348 g/mol. The van der Waals surface area contributed by atoms with E-state index in [0.29, 0.717) is 0 Å². The molecule has 0 heterocycles. The maximum atomic E-state index is 11.9. The van der Waals surface area contributed by atoms with Crippen LogP contribution in [0.1, 0.15) is 25.7 Å². The number of ether oxygens (including phenoxy) is 3. The molecule has 0 aliphatic carbocycles. The van der Waals surface area contributed by atoms with Crippen molar-refractivity contribution in [1.29, 1.82) is 0 Å². The van der Waals surface area contributed by atoms with E-state index in [1.807, 2.05) is 0 Å². The zero-order valence-corrected chi connectivity index (χ0v) is 14.4. The van der Waals surface area contributed by atoms with E-state index in [2.05, 4.69) is 18.4 Å². The molecule has 0 saturated carbocycles. The number of unbranched alkanes of at least 4 members (excludes halogenated alkanes) is 1. The lowest BCUT2D eigenvalue weighted by atomic mass is 9.99. The lowest BCUT2D eigenvalue weighted by Gasteiger charge is -2.12. The molecule has 0 aromatic heterocycles. The Balaban J connectivity index is 5.17. The molecule has 24 heavy (non-hydrogen) atoms. The third-order valence-electron chi connectivity index (χ3n) is 2.83. The standard InChI is InChI=1S/C13H20O10S/c1-20-11(14)8-10(13(16)22-3)9(12(15)21-2)6-4-5-7-23-24(17,18)19/h4-8H2,1-3H3,(H,17,18,19)/b10-9-.